The molecule has 1 aromatic carbocycles. The summed E-state index contributed by atoms with van der Waals surface area (Å²) in [4.78, 5) is 12.8. The van der Waals surface area contributed by atoms with Gasteiger partial charge in [0.15, 0.2) is 0 Å². The fourth-order valence-corrected chi connectivity index (χ4v) is 3.72. The standard InChI is InChI=1S/C19H24BrN3O.ClH/c1-12-11-21-9-8-18(12)22-19(24)17-10-13(2)23(14(17)3)16-6-4-15(20)5-7-16;/h4-7,10,12,18,21H,8-9,11H2,1-3H3,(H,22,24);1H. The molecule has 1 aliphatic rings. The second-order valence-electron chi connectivity index (χ2n) is 6.65. The molecule has 3 rings (SSSR count). The number of nitrogens with zero attached hydrogens (tertiary/aromatic N) is 1. The Morgan fingerprint density at radius 1 is 1.28 bits per heavy atom. The van der Waals surface area contributed by atoms with Crippen LogP contribution in [0.4, 0.5) is 0 Å². The van der Waals surface area contributed by atoms with Crippen molar-refractivity contribution in [3.8, 4) is 5.69 Å². The number of carbonyl (C=O) groups excluding carboxylic acids is 1. The lowest BCUT2D eigenvalue weighted by molar-refractivity contribution is 0.0913. The lowest BCUT2D eigenvalue weighted by Gasteiger charge is -2.30. The molecule has 1 saturated heterocycles. The molecular formula is C19H25BrClN3O. The Hall–Kier alpha value is -1.30. The van der Waals surface area contributed by atoms with E-state index in [0.29, 0.717) is 5.92 Å². The maximum Gasteiger partial charge on any atom is 0.253 e. The molecule has 1 aromatic heterocycles. The summed E-state index contributed by atoms with van der Waals surface area (Å²) in [5.41, 5.74) is 3.89. The molecule has 0 spiro atoms. The van der Waals surface area contributed by atoms with E-state index in [-0.39, 0.29) is 24.4 Å². The lowest BCUT2D eigenvalue weighted by atomic mass is 9.95. The molecule has 1 fully saturated rings. The monoisotopic (exact) mass is 425 g/mol. The van der Waals surface area contributed by atoms with Gasteiger partial charge >= 0.3 is 0 Å². The van der Waals surface area contributed by atoms with Gasteiger partial charge in [-0.2, -0.15) is 0 Å². The topological polar surface area (TPSA) is 46.1 Å². The van der Waals surface area contributed by atoms with Crippen LogP contribution in [0.15, 0.2) is 34.8 Å². The molecular weight excluding hydrogens is 402 g/mol. The van der Waals surface area contributed by atoms with E-state index >= 15 is 0 Å². The van der Waals surface area contributed by atoms with Crippen LogP contribution in [-0.4, -0.2) is 29.6 Å². The third-order valence-corrected chi connectivity index (χ3v) is 5.39. The van der Waals surface area contributed by atoms with E-state index in [1.165, 1.54) is 0 Å². The average Bonchev–Trinajstić information content (AvgIpc) is 2.85. The number of amides is 1. The minimum Gasteiger partial charge on any atom is -0.349 e. The van der Waals surface area contributed by atoms with E-state index in [2.05, 4.69) is 50.2 Å². The predicted octanol–water partition coefficient (Wildman–Crippen LogP) is 4.01. The van der Waals surface area contributed by atoms with E-state index in [9.17, 15) is 4.79 Å². The summed E-state index contributed by atoms with van der Waals surface area (Å²) in [6.07, 6.45) is 0.984. The molecule has 6 heteroatoms. The molecule has 4 nitrogen and oxygen atoms in total. The van der Waals surface area contributed by atoms with Crippen LogP contribution in [0, 0.1) is 19.8 Å². The number of rotatable bonds is 3. The van der Waals surface area contributed by atoms with Crippen molar-refractivity contribution >= 4 is 34.2 Å². The Labute approximate surface area is 163 Å². The van der Waals surface area contributed by atoms with Crippen molar-refractivity contribution in [3.63, 3.8) is 0 Å². The van der Waals surface area contributed by atoms with Crippen molar-refractivity contribution in [1.82, 2.24) is 15.2 Å². The number of nitrogens with one attached hydrogen (secondary N) is 2. The van der Waals surface area contributed by atoms with Crippen molar-refractivity contribution in [3.05, 3.63) is 51.8 Å². The molecule has 0 saturated carbocycles. The molecule has 2 aromatic rings. The minimum absolute atomic E-state index is 0. The molecule has 2 unspecified atom stereocenters. The fourth-order valence-electron chi connectivity index (χ4n) is 3.45. The van der Waals surface area contributed by atoms with Gasteiger partial charge in [0, 0.05) is 27.6 Å². The molecule has 0 radical (unpaired) electrons. The third-order valence-electron chi connectivity index (χ3n) is 4.86. The smallest absolute Gasteiger partial charge is 0.253 e. The number of hydrogen-bond donors (Lipinski definition) is 2. The maximum atomic E-state index is 12.8. The highest BCUT2D eigenvalue weighted by Crippen LogP contribution is 2.23. The molecule has 2 heterocycles. The number of halogens is 2. The van der Waals surface area contributed by atoms with Gasteiger partial charge in [-0.1, -0.05) is 22.9 Å². The number of hydrogen-bond acceptors (Lipinski definition) is 2. The largest absolute Gasteiger partial charge is 0.349 e. The molecule has 2 N–H and O–H groups in total. The number of carbonyl (C=O) groups is 1. The van der Waals surface area contributed by atoms with Crippen LogP contribution >= 0.6 is 28.3 Å². The van der Waals surface area contributed by atoms with Crippen LogP contribution < -0.4 is 10.6 Å². The Morgan fingerprint density at radius 2 is 1.96 bits per heavy atom. The van der Waals surface area contributed by atoms with E-state index in [4.69, 9.17) is 0 Å². The van der Waals surface area contributed by atoms with Gasteiger partial charge < -0.3 is 15.2 Å². The van der Waals surface area contributed by atoms with Gasteiger partial charge in [0.1, 0.15) is 0 Å². The van der Waals surface area contributed by atoms with Gasteiger partial charge in [-0.25, -0.2) is 0 Å². The Balaban J connectivity index is 0.00000225. The van der Waals surface area contributed by atoms with Crippen molar-refractivity contribution in [2.75, 3.05) is 13.1 Å². The first-order chi connectivity index (χ1) is 11.5. The van der Waals surface area contributed by atoms with Gasteiger partial charge in [0.05, 0.1) is 5.56 Å². The summed E-state index contributed by atoms with van der Waals surface area (Å²) in [5.74, 6) is 0.489. The van der Waals surface area contributed by atoms with Crippen molar-refractivity contribution in [2.45, 2.75) is 33.2 Å². The summed E-state index contributed by atoms with van der Waals surface area (Å²) in [6.45, 7) is 8.16. The molecule has 2 atom stereocenters. The molecule has 0 aliphatic carbocycles. The van der Waals surface area contributed by atoms with Gasteiger partial charge in [0.2, 0.25) is 0 Å². The first-order valence-electron chi connectivity index (χ1n) is 8.44. The second-order valence-corrected chi connectivity index (χ2v) is 7.56. The Morgan fingerprint density at radius 3 is 2.60 bits per heavy atom. The van der Waals surface area contributed by atoms with E-state index in [1.54, 1.807) is 0 Å². The molecule has 0 bridgehead atoms. The van der Waals surface area contributed by atoms with Crippen LogP contribution in [0.25, 0.3) is 5.69 Å². The van der Waals surface area contributed by atoms with Gasteiger partial charge in [-0.3, -0.25) is 4.79 Å². The van der Waals surface area contributed by atoms with Gasteiger partial charge in [-0.15, -0.1) is 12.4 Å². The summed E-state index contributed by atoms with van der Waals surface area (Å²) in [7, 11) is 0. The summed E-state index contributed by atoms with van der Waals surface area (Å²) >= 11 is 3.47. The highest BCUT2D eigenvalue weighted by molar-refractivity contribution is 9.10. The average molecular weight is 427 g/mol. The molecule has 25 heavy (non-hydrogen) atoms. The van der Waals surface area contributed by atoms with Crippen molar-refractivity contribution < 1.29 is 4.79 Å². The van der Waals surface area contributed by atoms with Crippen molar-refractivity contribution in [2.24, 2.45) is 5.92 Å². The first-order valence-corrected chi connectivity index (χ1v) is 9.23. The molecule has 1 amide bonds. The van der Waals surface area contributed by atoms with Crippen LogP contribution in [0.5, 0.6) is 0 Å². The number of aryl methyl sites for hydroxylation is 1. The second kappa shape index (κ2) is 8.39. The summed E-state index contributed by atoms with van der Waals surface area (Å²) in [5, 5.41) is 6.60. The quantitative estimate of drug-likeness (QED) is 0.779. The van der Waals surface area contributed by atoms with Crippen LogP contribution in [0.2, 0.25) is 0 Å². The minimum atomic E-state index is 0. The van der Waals surface area contributed by atoms with Gasteiger partial charge in [-0.05, 0) is 69.6 Å². The summed E-state index contributed by atoms with van der Waals surface area (Å²) < 4.78 is 3.18. The van der Waals surface area contributed by atoms with E-state index in [0.717, 1.165) is 46.6 Å². The lowest BCUT2D eigenvalue weighted by Crippen LogP contribution is -2.48. The first kappa shape index (κ1) is 20.0. The number of aromatic nitrogens is 1. The van der Waals surface area contributed by atoms with Gasteiger partial charge in [0.25, 0.3) is 5.91 Å². The van der Waals surface area contributed by atoms with Crippen LogP contribution in [0.3, 0.4) is 0 Å². The Kier molecular flexibility index (Phi) is 6.72. The number of benzene rings is 1. The highest BCUT2D eigenvalue weighted by atomic mass is 79.9. The zero-order chi connectivity index (χ0) is 17.3. The SMILES string of the molecule is Cc1cc(C(=O)NC2CCNCC2C)c(C)n1-c1ccc(Br)cc1.Cl. The number of piperidine rings is 1. The maximum absolute atomic E-state index is 12.8. The summed E-state index contributed by atoms with van der Waals surface area (Å²) in [6, 6.07) is 10.4. The zero-order valence-corrected chi connectivity index (χ0v) is 17.2. The predicted molar refractivity (Wildman–Crippen MR) is 108 cm³/mol. The molecule has 1 aliphatic heterocycles. The highest BCUT2D eigenvalue weighted by Gasteiger charge is 2.25. The normalized spacial score (nSPS) is 20.0. The van der Waals surface area contributed by atoms with Crippen LogP contribution in [0.1, 0.15) is 35.1 Å². The third kappa shape index (κ3) is 4.27. The van der Waals surface area contributed by atoms with E-state index in [1.807, 2.05) is 32.0 Å². The fraction of sp³-hybridized carbons (Fsp3) is 0.421. The Bertz CT molecular complexity index is 742. The van der Waals surface area contributed by atoms with Crippen LogP contribution in [-0.2, 0) is 0 Å². The molecule has 136 valence electrons. The zero-order valence-electron chi connectivity index (χ0n) is 14.8. The van der Waals surface area contributed by atoms with Crippen molar-refractivity contribution in [1.29, 1.82) is 0 Å². The van der Waals surface area contributed by atoms with E-state index < -0.39 is 0 Å².